The van der Waals surface area contributed by atoms with E-state index in [1.807, 2.05) is 6.07 Å². The van der Waals surface area contributed by atoms with E-state index in [0.29, 0.717) is 25.3 Å². The van der Waals surface area contributed by atoms with Crippen LogP contribution in [-0.4, -0.2) is 34.3 Å². The van der Waals surface area contributed by atoms with Crippen molar-refractivity contribution < 1.29 is 27.4 Å². The second-order valence-electron chi connectivity index (χ2n) is 9.12. The van der Waals surface area contributed by atoms with Crippen LogP contribution in [0.4, 0.5) is 19.0 Å². The zero-order valence-electron chi connectivity index (χ0n) is 18.8. The highest BCUT2D eigenvalue weighted by Gasteiger charge is 2.56. The van der Waals surface area contributed by atoms with Crippen LogP contribution in [0.1, 0.15) is 23.1 Å². The van der Waals surface area contributed by atoms with Gasteiger partial charge in [0.2, 0.25) is 5.88 Å². The number of hydrogen-bond acceptors (Lipinski definition) is 7. The number of alkyl halides is 3. The fourth-order valence-electron chi connectivity index (χ4n) is 5.18. The minimum atomic E-state index is -4.53. The summed E-state index contributed by atoms with van der Waals surface area (Å²) in [6.45, 7) is 1.66. The Morgan fingerprint density at radius 1 is 1.22 bits per heavy atom. The third-order valence-electron chi connectivity index (χ3n) is 6.82. The average molecular weight is 496 g/mol. The van der Waals surface area contributed by atoms with E-state index in [1.54, 1.807) is 22.8 Å². The molecule has 36 heavy (non-hydrogen) atoms. The van der Waals surface area contributed by atoms with E-state index < -0.39 is 17.4 Å². The van der Waals surface area contributed by atoms with Crippen LogP contribution in [0.2, 0.25) is 0 Å². The summed E-state index contributed by atoms with van der Waals surface area (Å²) in [5, 5.41) is 9.55. The van der Waals surface area contributed by atoms with Crippen molar-refractivity contribution in [1.29, 1.82) is 5.26 Å². The van der Waals surface area contributed by atoms with Crippen LogP contribution in [0, 0.1) is 11.3 Å². The standard InChI is InChI=1S/C25H19F3N4O4/c26-25(27,28)17-5-2-6-18(7-17)36-22-15(10-29)3-1-4-16(22)12-34-20-8-21-31(23(33)30-20)13-24-9-19(35-14-24)11-32(21)24/h1-8,19H,9,11-14H2/t19-,24+/m1/s1. The molecule has 11 heteroatoms. The summed E-state index contributed by atoms with van der Waals surface area (Å²) >= 11 is 0. The Morgan fingerprint density at radius 2 is 2.06 bits per heavy atom. The molecular formula is C25H19F3N4O4. The minimum absolute atomic E-state index is 0.0701. The molecule has 3 aliphatic rings. The number of rotatable bonds is 5. The molecule has 0 amide bonds. The number of nitriles is 1. The highest BCUT2D eigenvalue weighted by molar-refractivity contribution is 5.53. The lowest BCUT2D eigenvalue weighted by atomic mass is 10.0. The number of hydrogen-bond donors (Lipinski definition) is 0. The lowest BCUT2D eigenvalue weighted by molar-refractivity contribution is -0.137. The van der Waals surface area contributed by atoms with E-state index in [9.17, 15) is 23.2 Å². The van der Waals surface area contributed by atoms with E-state index in [4.69, 9.17) is 14.2 Å². The smallest absolute Gasteiger partial charge is 0.416 e. The fourth-order valence-corrected chi connectivity index (χ4v) is 5.18. The molecule has 2 fully saturated rings. The van der Waals surface area contributed by atoms with Gasteiger partial charge in [-0.05, 0) is 24.3 Å². The van der Waals surface area contributed by atoms with Crippen molar-refractivity contribution in [3.05, 3.63) is 75.7 Å². The van der Waals surface area contributed by atoms with Gasteiger partial charge in [0.05, 0.1) is 35.9 Å². The van der Waals surface area contributed by atoms with Gasteiger partial charge in [-0.25, -0.2) is 4.79 Å². The van der Waals surface area contributed by atoms with Crippen molar-refractivity contribution >= 4 is 5.82 Å². The maximum atomic E-state index is 13.1. The first-order valence-electron chi connectivity index (χ1n) is 11.3. The zero-order chi connectivity index (χ0) is 25.1. The molecule has 1 spiro atoms. The quantitative estimate of drug-likeness (QED) is 0.530. The summed E-state index contributed by atoms with van der Waals surface area (Å²) < 4.78 is 58.3. The first-order valence-corrected chi connectivity index (χ1v) is 11.3. The maximum Gasteiger partial charge on any atom is 0.416 e. The molecule has 2 bridgehead atoms. The fraction of sp³-hybridized carbons (Fsp3) is 0.320. The summed E-state index contributed by atoms with van der Waals surface area (Å²) in [7, 11) is 0. The largest absolute Gasteiger partial charge is 0.472 e. The molecule has 3 aliphatic heterocycles. The molecule has 1 aromatic heterocycles. The van der Waals surface area contributed by atoms with Crippen LogP contribution in [0.3, 0.4) is 0 Å². The van der Waals surface area contributed by atoms with Crippen LogP contribution in [0.15, 0.2) is 53.3 Å². The molecule has 2 aromatic carbocycles. The van der Waals surface area contributed by atoms with Gasteiger partial charge in [0.15, 0.2) is 5.75 Å². The number of para-hydroxylation sites is 1. The van der Waals surface area contributed by atoms with Gasteiger partial charge < -0.3 is 19.1 Å². The van der Waals surface area contributed by atoms with E-state index in [1.165, 1.54) is 18.2 Å². The van der Waals surface area contributed by atoms with Crippen LogP contribution < -0.4 is 20.1 Å². The lowest BCUT2D eigenvalue weighted by Gasteiger charge is -2.32. The predicted octanol–water partition coefficient (Wildman–Crippen LogP) is 3.87. The number of nitrogens with zero attached hydrogens (tertiary/aromatic N) is 4. The second kappa shape index (κ2) is 7.99. The molecule has 4 heterocycles. The van der Waals surface area contributed by atoms with Crippen molar-refractivity contribution in [2.24, 2.45) is 0 Å². The first-order chi connectivity index (χ1) is 17.3. The second-order valence-corrected chi connectivity index (χ2v) is 9.12. The predicted molar refractivity (Wildman–Crippen MR) is 120 cm³/mol. The lowest BCUT2D eigenvalue weighted by Crippen LogP contribution is -2.46. The van der Waals surface area contributed by atoms with Gasteiger partial charge in [-0.15, -0.1) is 0 Å². The number of anilines is 1. The molecule has 8 nitrogen and oxygen atoms in total. The number of morpholine rings is 1. The number of halogens is 3. The van der Waals surface area contributed by atoms with Crippen molar-refractivity contribution in [1.82, 2.24) is 9.55 Å². The monoisotopic (exact) mass is 496 g/mol. The van der Waals surface area contributed by atoms with Gasteiger partial charge in [-0.2, -0.15) is 23.4 Å². The van der Waals surface area contributed by atoms with E-state index in [2.05, 4.69) is 9.88 Å². The van der Waals surface area contributed by atoms with Crippen LogP contribution in [-0.2, 0) is 24.1 Å². The molecular weight excluding hydrogens is 477 g/mol. The Labute approximate surface area is 203 Å². The van der Waals surface area contributed by atoms with Gasteiger partial charge in [0, 0.05) is 24.6 Å². The average Bonchev–Trinajstić information content (AvgIpc) is 3.52. The summed E-state index contributed by atoms with van der Waals surface area (Å²) in [6, 6.07) is 12.9. The highest BCUT2D eigenvalue weighted by atomic mass is 19.4. The summed E-state index contributed by atoms with van der Waals surface area (Å²) in [5.41, 5.74) is -0.969. The van der Waals surface area contributed by atoms with Crippen molar-refractivity contribution in [3.8, 4) is 23.4 Å². The van der Waals surface area contributed by atoms with Crippen LogP contribution >= 0.6 is 0 Å². The van der Waals surface area contributed by atoms with Crippen LogP contribution in [0.25, 0.3) is 0 Å². The Bertz CT molecular complexity index is 1460. The topological polar surface area (TPSA) is 89.6 Å². The number of aromatic nitrogens is 2. The number of benzene rings is 2. The van der Waals surface area contributed by atoms with Crippen molar-refractivity contribution in [2.45, 2.75) is 37.4 Å². The van der Waals surface area contributed by atoms with Gasteiger partial charge in [-0.1, -0.05) is 18.2 Å². The molecule has 0 N–H and O–H groups in total. The molecule has 2 atom stereocenters. The SMILES string of the molecule is N#Cc1cccc(COc2cc3n(c(=O)n2)C[C@@]24CO[C@@H](CN32)C4)c1Oc1cccc(C(F)(F)F)c1. The Morgan fingerprint density at radius 3 is 2.83 bits per heavy atom. The first kappa shape index (κ1) is 22.4. The van der Waals surface area contributed by atoms with Gasteiger partial charge in [0.25, 0.3) is 0 Å². The Balaban J connectivity index is 1.27. The van der Waals surface area contributed by atoms with Gasteiger partial charge in [0.1, 0.15) is 24.2 Å². The van der Waals surface area contributed by atoms with E-state index in [0.717, 1.165) is 24.4 Å². The normalized spacial score (nSPS) is 21.7. The molecule has 0 unspecified atom stereocenters. The summed E-state index contributed by atoms with van der Waals surface area (Å²) in [4.78, 5) is 18.9. The minimum Gasteiger partial charge on any atom is -0.472 e. The molecule has 0 radical (unpaired) electrons. The highest BCUT2D eigenvalue weighted by Crippen LogP contribution is 2.46. The van der Waals surface area contributed by atoms with Crippen LogP contribution in [0.5, 0.6) is 17.4 Å². The molecule has 0 saturated carbocycles. The number of fused-ring (bicyclic) bond motifs is 3. The van der Waals surface area contributed by atoms with Gasteiger partial charge in [-0.3, -0.25) is 4.57 Å². The van der Waals surface area contributed by atoms with Crippen molar-refractivity contribution in [2.75, 3.05) is 18.1 Å². The summed E-state index contributed by atoms with van der Waals surface area (Å²) in [5.74, 6) is 0.839. The molecule has 0 aliphatic carbocycles. The third kappa shape index (κ3) is 3.65. The number of ether oxygens (including phenoxy) is 3. The Hall–Kier alpha value is -4.04. The van der Waals surface area contributed by atoms with E-state index >= 15 is 0 Å². The molecule has 184 valence electrons. The van der Waals surface area contributed by atoms with E-state index in [-0.39, 0.29) is 41.2 Å². The third-order valence-corrected chi connectivity index (χ3v) is 6.82. The Kier molecular flexibility index (Phi) is 4.98. The summed E-state index contributed by atoms with van der Waals surface area (Å²) in [6.07, 6.45) is -3.52. The molecule has 6 rings (SSSR count). The van der Waals surface area contributed by atoms with Crippen molar-refractivity contribution in [3.63, 3.8) is 0 Å². The molecule has 3 aromatic rings. The maximum absolute atomic E-state index is 13.1. The van der Waals surface area contributed by atoms with Gasteiger partial charge >= 0.3 is 11.9 Å². The zero-order valence-corrected chi connectivity index (χ0v) is 18.8. The molecule has 2 saturated heterocycles.